The fourth-order valence-corrected chi connectivity index (χ4v) is 16.5. The molecule has 5 N–H and O–H groups in total. The standard InChI is InChI=1S/C15H19N4P.C15H20N4.C15H19N3.C9H9N.C7H14N3P.8C2H6.HI/c16-20-19-9-2-6-15(19)7-10-18(11-15)14-5-8-17-13-4-1-3-12(13)14;1-18-9-2-5-15(18)6-10-19(11-15)13-4-8-17-14-12(13)3-7-16-14;1-3-12-13(4-1)16-9-5-14(12)18-10-7-15(11-18)6-2-8-17-15;1-7-5-6-10-9-4-2-3-8(7)9;8-11-10-5-1-2-7(10)3-4-9-6-7;8*1-2;/h1,3,5,8,16H,2,4,6-7,9-11H2;3-4,7-8H,2,5-6,9-11H2,1H3,(H,16,17);1,3,5,9,17H,2,4,6-8,10-11H2;2-3,5-6H,4H2,1H3;8-9H,1-6H2;8*1-2H3;1H. The second kappa shape index (κ2) is 44.5. The van der Waals surface area contributed by atoms with Crippen LogP contribution < -0.4 is 25.3 Å². The van der Waals surface area contributed by atoms with E-state index < -0.39 is 0 Å². The van der Waals surface area contributed by atoms with Gasteiger partial charge in [0.2, 0.25) is 0 Å². The van der Waals surface area contributed by atoms with Crippen LogP contribution >= 0.6 is 41.0 Å². The van der Waals surface area contributed by atoms with Gasteiger partial charge in [-0.1, -0.05) is 147 Å². The third kappa shape index (κ3) is 20.8. The maximum Gasteiger partial charge on any atom is 0.139 e. The Morgan fingerprint density at radius 3 is 1.44 bits per heavy atom. The van der Waals surface area contributed by atoms with E-state index in [0.29, 0.717) is 33.7 Å². The number of rotatable bonds is 5. The maximum absolute atomic E-state index is 7.74. The number of anilines is 3. The minimum Gasteiger partial charge on any atom is -0.369 e. The van der Waals surface area contributed by atoms with Crippen LogP contribution in [0.3, 0.4) is 0 Å². The number of hydrogen-bond acceptors (Lipinski definition) is 12. The summed E-state index contributed by atoms with van der Waals surface area (Å²) >= 11 is 0. The van der Waals surface area contributed by atoms with Crippen LogP contribution in [-0.4, -0.2) is 147 Å². The van der Waals surface area contributed by atoms with E-state index in [0.717, 1.165) is 83.8 Å². The van der Waals surface area contributed by atoms with Crippen LogP contribution in [0.15, 0.2) is 79.5 Å². The number of nitrogens with one attached hydrogen (secondary N) is 5. The molecule has 95 heavy (non-hydrogen) atoms. The summed E-state index contributed by atoms with van der Waals surface area (Å²) in [6.07, 6.45) is 41.3. The van der Waals surface area contributed by atoms with Crippen molar-refractivity contribution in [2.45, 2.75) is 236 Å². The zero-order valence-corrected chi connectivity index (χ0v) is 66.7. The molecule has 3 aliphatic carbocycles. The molecule has 4 atom stereocenters. The summed E-state index contributed by atoms with van der Waals surface area (Å²) in [6, 6.07) is 10.7. The molecule has 5 aromatic rings. The van der Waals surface area contributed by atoms with E-state index in [1.807, 2.05) is 142 Å². The molecule has 13 heterocycles. The molecule has 4 spiro atoms. The van der Waals surface area contributed by atoms with Gasteiger partial charge in [0.1, 0.15) is 5.65 Å². The Morgan fingerprint density at radius 1 is 0.453 bits per heavy atom. The van der Waals surface area contributed by atoms with E-state index in [1.54, 1.807) is 0 Å². The monoisotopic (exact) mass is 1450 g/mol. The summed E-state index contributed by atoms with van der Waals surface area (Å²) in [5.41, 5.74) is 15.5. The summed E-state index contributed by atoms with van der Waals surface area (Å²) < 4.78 is 4.65. The SMILES string of the molecule is C1=Cc2c(N3CCC4(CCCN4)C3)ccnc2C1.CC.CC.CC.CC.CC.CC.CC.CC.CN1CCCC12CCN(c1ccnc3[nH]ccc13)C2.Cc1ccnc2c1C=CC2.I.N=PN1CCCC12CCN(c1ccnc3c1C=CC3)C2.N=PN1CCCC12CCNC2. The second-order valence-electron chi connectivity index (χ2n) is 23.9. The molecule has 530 valence electrons. The zero-order chi connectivity index (χ0) is 69.2. The summed E-state index contributed by atoms with van der Waals surface area (Å²) in [5, 5.41) is 23.5. The zero-order valence-electron chi connectivity index (χ0n) is 62.6. The fraction of sp³-hybridized carbons (Fsp3) is 0.636. The number of halogens is 1. The predicted octanol–water partition coefficient (Wildman–Crippen LogP) is 19.8. The Bertz CT molecular complexity index is 3060. The number of aryl methyl sites for hydroxylation is 1. The van der Waals surface area contributed by atoms with Gasteiger partial charge in [-0.25, -0.2) is 14.3 Å². The number of pyridine rings is 4. The van der Waals surface area contributed by atoms with Crippen molar-refractivity contribution in [3.8, 4) is 0 Å². The highest BCUT2D eigenvalue weighted by atomic mass is 127. The molecule has 0 radical (unpaired) electrons. The van der Waals surface area contributed by atoms with Gasteiger partial charge < -0.3 is 30.3 Å². The van der Waals surface area contributed by atoms with Gasteiger partial charge >= 0.3 is 0 Å². The first-order chi connectivity index (χ1) is 46.2. The van der Waals surface area contributed by atoms with Crippen LogP contribution in [0.5, 0.6) is 0 Å². The minimum absolute atomic E-state index is 0. The molecule has 15 nitrogen and oxygen atoms in total. The van der Waals surface area contributed by atoms with Crippen molar-refractivity contribution >= 4 is 87.3 Å². The van der Waals surface area contributed by atoms with Crippen LogP contribution in [0.4, 0.5) is 17.1 Å². The van der Waals surface area contributed by atoms with E-state index in [4.69, 9.17) is 10.3 Å². The molecule has 5 aromatic heterocycles. The summed E-state index contributed by atoms with van der Waals surface area (Å²) in [6.45, 7) is 47.9. The average Bonchev–Trinajstić information content (AvgIpc) is 1.64. The van der Waals surface area contributed by atoms with Crippen molar-refractivity contribution in [3.63, 3.8) is 0 Å². The number of likely N-dealkylation sites (N-methyl/N-ethyl adjacent to an activating group) is 1. The number of fused-ring (bicyclic) bond motifs is 4. The van der Waals surface area contributed by atoms with Gasteiger partial charge in [-0.2, -0.15) is 0 Å². The molecule has 4 unspecified atom stereocenters. The molecule has 8 aliphatic heterocycles. The van der Waals surface area contributed by atoms with Crippen molar-refractivity contribution in [2.75, 3.05) is 100 Å². The average molecular weight is 1450 g/mol. The lowest BCUT2D eigenvalue weighted by molar-refractivity contribution is 0.198. The number of H-pyrrole nitrogens is 1. The number of aromatic amines is 1. The van der Waals surface area contributed by atoms with Crippen molar-refractivity contribution < 1.29 is 0 Å². The van der Waals surface area contributed by atoms with E-state index in [1.165, 1.54) is 158 Å². The number of likely N-dealkylation sites (tertiary alicyclic amines) is 1. The Kier molecular flexibility index (Phi) is 39.7. The summed E-state index contributed by atoms with van der Waals surface area (Å²) in [5.74, 6) is 0. The molecule has 18 heteroatoms. The van der Waals surface area contributed by atoms with Crippen LogP contribution in [0.25, 0.3) is 29.3 Å². The number of aromatic nitrogens is 5. The van der Waals surface area contributed by atoms with Gasteiger partial charge in [-0.3, -0.25) is 30.2 Å². The van der Waals surface area contributed by atoms with Gasteiger partial charge in [-0.15, -0.1) is 24.0 Å². The van der Waals surface area contributed by atoms with E-state index in [9.17, 15) is 0 Å². The first-order valence-electron chi connectivity index (χ1n) is 37.3. The third-order valence-corrected chi connectivity index (χ3v) is 21.2. The predicted molar refractivity (Wildman–Crippen MR) is 427 cm³/mol. The van der Waals surface area contributed by atoms with Crippen LogP contribution in [0.2, 0.25) is 0 Å². The summed E-state index contributed by atoms with van der Waals surface area (Å²) in [4.78, 5) is 31.0. The first kappa shape index (κ1) is 84.7. The molecular formula is C77H130IN15P2. The quantitative estimate of drug-likeness (QED) is 0.0839. The lowest BCUT2D eigenvalue weighted by Gasteiger charge is -2.32. The van der Waals surface area contributed by atoms with Crippen molar-refractivity contribution in [3.05, 3.63) is 119 Å². The summed E-state index contributed by atoms with van der Waals surface area (Å²) in [7, 11) is 3.69. The first-order valence-corrected chi connectivity index (χ1v) is 39.0. The highest BCUT2D eigenvalue weighted by Gasteiger charge is 2.47. The van der Waals surface area contributed by atoms with Crippen molar-refractivity contribution in [2.24, 2.45) is 0 Å². The molecule has 11 aliphatic rings. The lowest BCUT2D eigenvalue weighted by Crippen LogP contribution is -2.43. The Hall–Kier alpha value is -4.51. The highest BCUT2D eigenvalue weighted by Crippen LogP contribution is 2.45. The van der Waals surface area contributed by atoms with Crippen LogP contribution in [0, 0.1) is 17.2 Å². The third-order valence-electron chi connectivity index (χ3n) is 19.5. The van der Waals surface area contributed by atoms with E-state index in [2.05, 4.69) is 145 Å². The highest BCUT2D eigenvalue weighted by molar-refractivity contribution is 14.0. The minimum atomic E-state index is 0. The number of hydrogen-bond donors (Lipinski definition) is 5. The van der Waals surface area contributed by atoms with Crippen LogP contribution in [0.1, 0.15) is 227 Å². The lowest BCUT2D eigenvalue weighted by atomic mass is 9.96. The molecule has 16 rings (SSSR count). The number of allylic oxidation sites excluding steroid dienone is 3. The number of nitrogens with zero attached hydrogens (tertiary/aromatic N) is 10. The Balaban J connectivity index is 0.000000298. The molecule has 8 fully saturated rings. The molecule has 0 aromatic carbocycles. The Labute approximate surface area is 599 Å². The smallest absolute Gasteiger partial charge is 0.139 e. The maximum atomic E-state index is 7.74. The molecular weight excluding hydrogens is 1320 g/mol. The normalized spacial score (nSPS) is 23.7. The van der Waals surface area contributed by atoms with E-state index >= 15 is 0 Å². The largest absolute Gasteiger partial charge is 0.369 e. The topological polar surface area (TPSA) is 159 Å². The van der Waals surface area contributed by atoms with Gasteiger partial charge in [0.15, 0.2) is 0 Å². The van der Waals surface area contributed by atoms with Gasteiger partial charge in [-0.05, 0) is 152 Å². The molecule has 0 bridgehead atoms. The van der Waals surface area contributed by atoms with Crippen LogP contribution in [-0.2, 0) is 19.3 Å². The fourth-order valence-electron chi connectivity index (χ4n) is 15.1. The van der Waals surface area contributed by atoms with Gasteiger partial charge in [0.25, 0.3) is 0 Å². The molecule has 8 saturated heterocycles. The van der Waals surface area contributed by atoms with Crippen molar-refractivity contribution in [1.82, 2.24) is 49.8 Å². The van der Waals surface area contributed by atoms with Crippen molar-refractivity contribution in [1.29, 1.82) is 10.3 Å². The van der Waals surface area contributed by atoms with E-state index in [-0.39, 0.29) is 29.5 Å². The Morgan fingerprint density at radius 2 is 0.916 bits per heavy atom. The van der Waals surface area contributed by atoms with Gasteiger partial charge in [0, 0.05) is 165 Å². The second-order valence-corrected chi connectivity index (χ2v) is 25.2. The molecule has 0 saturated carbocycles. The van der Waals surface area contributed by atoms with Gasteiger partial charge in [0.05, 0.1) is 34.1 Å². The molecule has 0 amide bonds.